The average Bonchev–Trinajstić information content (AvgIpc) is 2.86. The Balaban J connectivity index is 2.38. The third kappa shape index (κ3) is 3.33. The molecule has 21 heavy (non-hydrogen) atoms. The molecule has 1 aliphatic rings. The van der Waals surface area contributed by atoms with Crippen LogP contribution in [0.3, 0.4) is 0 Å². The Morgan fingerprint density at radius 3 is 2.52 bits per heavy atom. The van der Waals surface area contributed by atoms with Crippen molar-refractivity contribution in [2.45, 2.75) is 17.4 Å². The van der Waals surface area contributed by atoms with E-state index in [-0.39, 0.29) is 10.6 Å². The molecule has 1 unspecified atom stereocenters. The summed E-state index contributed by atoms with van der Waals surface area (Å²) in [6.07, 6.45) is 1.98. The van der Waals surface area contributed by atoms with Gasteiger partial charge in [0.2, 0.25) is 0 Å². The van der Waals surface area contributed by atoms with Crippen molar-refractivity contribution in [2.24, 2.45) is 0 Å². The van der Waals surface area contributed by atoms with Crippen molar-refractivity contribution in [3.8, 4) is 0 Å². The van der Waals surface area contributed by atoms with Crippen molar-refractivity contribution in [3.63, 3.8) is 0 Å². The van der Waals surface area contributed by atoms with E-state index >= 15 is 0 Å². The van der Waals surface area contributed by atoms with Crippen LogP contribution in [0.1, 0.15) is 6.42 Å². The van der Waals surface area contributed by atoms with Crippen molar-refractivity contribution in [1.29, 1.82) is 0 Å². The molecule has 1 aromatic carbocycles. The number of nitro groups is 1. The fourth-order valence-corrected chi connectivity index (χ4v) is 3.40. The van der Waals surface area contributed by atoms with Crippen molar-refractivity contribution < 1.29 is 13.3 Å². The van der Waals surface area contributed by atoms with Crippen LogP contribution >= 0.6 is 0 Å². The minimum atomic E-state index is -3.64. The summed E-state index contributed by atoms with van der Waals surface area (Å²) in [6, 6.07) is 4.70. The Hall–Kier alpha value is -1.67. The normalized spacial score (nSPS) is 19.2. The third-order valence-electron chi connectivity index (χ3n) is 3.80. The molecule has 0 bridgehead atoms. The second kappa shape index (κ2) is 5.61. The minimum absolute atomic E-state index is 0.224. The van der Waals surface area contributed by atoms with E-state index in [2.05, 4.69) is 9.80 Å². The molecule has 0 aliphatic carbocycles. The summed E-state index contributed by atoms with van der Waals surface area (Å²) in [5.41, 5.74) is 0.343. The number of hydrogen-bond acceptors (Lipinski definition) is 6. The SMILES string of the molecule is CN(C)C1CCN(c2ccc([N+](=O)[O-])c(S(C)(=O)=O)c2)C1. The van der Waals surface area contributed by atoms with Crippen molar-refractivity contribution in [2.75, 3.05) is 38.3 Å². The van der Waals surface area contributed by atoms with Gasteiger partial charge >= 0.3 is 0 Å². The van der Waals surface area contributed by atoms with Gasteiger partial charge in [-0.3, -0.25) is 10.1 Å². The van der Waals surface area contributed by atoms with Crippen LogP contribution in [0.2, 0.25) is 0 Å². The first-order valence-corrected chi connectivity index (χ1v) is 8.49. The van der Waals surface area contributed by atoms with Gasteiger partial charge < -0.3 is 9.80 Å². The summed E-state index contributed by atoms with van der Waals surface area (Å²) in [5, 5.41) is 11.0. The molecule has 0 radical (unpaired) electrons. The summed E-state index contributed by atoms with van der Waals surface area (Å²) in [7, 11) is 0.373. The van der Waals surface area contributed by atoms with Crippen LogP contribution in [0, 0.1) is 10.1 Å². The molecule has 1 saturated heterocycles. The number of nitro benzene ring substituents is 1. The predicted molar refractivity (Wildman–Crippen MR) is 80.5 cm³/mol. The molecule has 1 fully saturated rings. The lowest BCUT2D eigenvalue weighted by molar-refractivity contribution is -0.387. The van der Waals surface area contributed by atoms with E-state index in [1.807, 2.05) is 14.1 Å². The van der Waals surface area contributed by atoms with Crippen molar-refractivity contribution >= 4 is 21.2 Å². The maximum Gasteiger partial charge on any atom is 0.288 e. The summed E-state index contributed by atoms with van der Waals surface area (Å²) in [4.78, 5) is 14.3. The van der Waals surface area contributed by atoms with Gasteiger partial charge in [-0.2, -0.15) is 0 Å². The smallest absolute Gasteiger partial charge is 0.288 e. The molecule has 0 aromatic heterocycles. The second-order valence-corrected chi connectivity index (χ2v) is 7.52. The zero-order valence-electron chi connectivity index (χ0n) is 12.3. The Kier molecular flexibility index (Phi) is 4.20. The molecule has 1 aliphatic heterocycles. The van der Waals surface area contributed by atoms with E-state index in [1.54, 1.807) is 6.07 Å². The summed E-state index contributed by atoms with van der Waals surface area (Å²) < 4.78 is 23.5. The number of benzene rings is 1. The van der Waals surface area contributed by atoms with Crippen LogP contribution in [-0.4, -0.2) is 57.7 Å². The molecule has 7 nitrogen and oxygen atoms in total. The summed E-state index contributed by atoms with van der Waals surface area (Å²) in [6.45, 7) is 1.60. The van der Waals surface area contributed by atoms with Gasteiger partial charge in [0, 0.05) is 37.1 Å². The van der Waals surface area contributed by atoms with Crippen LogP contribution < -0.4 is 4.90 Å². The van der Waals surface area contributed by atoms with Crippen LogP contribution in [0.15, 0.2) is 23.1 Å². The Morgan fingerprint density at radius 2 is 2.05 bits per heavy atom. The number of anilines is 1. The fraction of sp³-hybridized carbons (Fsp3) is 0.538. The van der Waals surface area contributed by atoms with Crippen LogP contribution in [-0.2, 0) is 9.84 Å². The first-order valence-electron chi connectivity index (χ1n) is 6.60. The van der Waals surface area contributed by atoms with Gasteiger partial charge in [-0.1, -0.05) is 0 Å². The molecule has 0 N–H and O–H groups in total. The molecule has 1 heterocycles. The zero-order chi connectivity index (χ0) is 15.8. The standard InChI is InChI=1S/C13H19N3O4S/c1-14(2)11-6-7-15(9-11)10-4-5-12(16(17)18)13(8-10)21(3,19)20/h4-5,8,11H,6-7,9H2,1-3H3. The topological polar surface area (TPSA) is 83.8 Å². The predicted octanol–water partition coefficient (Wildman–Crippen LogP) is 1.14. The third-order valence-corrected chi connectivity index (χ3v) is 4.92. The molecule has 0 spiro atoms. The highest BCUT2D eigenvalue weighted by Crippen LogP contribution is 2.30. The number of hydrogen-bond donors (Lipinski definition) is 0. The minimum Gasteiger partial charge on any atom is -0.370 e. The maximum atomic E-state index is 11.8. The molecule has 2 rings (SSSR count). The van der Waals surface area contributed by atoms with Crippen molar-refractivity contribution in [3.05, 3.63) is 28.3 Å². The molecule has 0 saturated carbocycles. The van der Waals surface area contributed by atoms with Gasteiger partial charge in [-0.25, -0.2) is 8.42 Å². The maximum absolute atomic E-state index is 11.8. The largest absolute Gasteiger partial charge is 0.370 e. The average molecular weight is 313 g/mol. The van der Waals surface area contributed by atoms with Gasteiger partial charge in [0.25, 0.3) is 5.69 Å². The number of nitrogens with zero attached hydrogens (tertiary/aromatic N) is 3. The van der Waals surface area contributed by atoms with Gasteiger partial charge in [0.15, 0.2) is 9.84 Å². The number of rotatable bonds is 4. The summed E-state index contributed by atoms with van der Waals surface area (Å²) in [5.74, 6) is 0. The summed E-state index contributed by atoms with van der Waals surface area (Å²) >= 11 is 0. The lowest BCUT2D eigenvalue weighted by Crippen LogP contribution is -2.31. The highest BCUT2D eigenvalue weighted by molar-refractivity contribution is 7.90. The lowest BCUT2D eigenvalue weighted by Gasteiger charge is -2.22. The molecular weight excluding hydrogens is 294 g/mol. The second-order valence-electron chi connectivity index (χ2n) is 5.53. The van der Waals surface area contributed by atoms with Crippen LogP contribution in [0.4, 0.5) is 11.4 Å². The van der Waals surface area contributed by atoms with E-state index in [0.717, 1.165) is 25.8 Å². The molecular formula is C13H19N3O4S. The first kappa shape index (κ1) is 15.7. The molecule has 116 valence electrons. The van der Waals surface area contributed by atoms with E-state index in [4.69, 9.17) is 0 Å². The van der Waals surface area contributed by atoms with Gasteiger partial charge in [-0.15, -0.1) is 0 Å². The first-order chi connectivity index (χ1) is 9.70. The Morgan fingerprint density at radius 1 is 1.38 bits per heavy atom. The number of sulfone groups is 1. The monoisotopic (exact) mass is 313 g/mol. The quantitative estimate of drug-likeness (QED) is 0.612. The lowest BCUT2D eigenvalue weighted by atomic mass is 10.2. The Labute approximate surface area is 124 Å². The van der Waals surface area contributed by atoms with Gasteiger partial charge in [0.1, 0.15) is 4.90 Å². The zero-order valence-corrected chi connectivity index (χ0v) is 13.1. The number of likely N-dealkylation sites (N-methyl/N-ethyl adjacent to an activating group) is 1. The highest BCUT2D eigenvalue weighted by Gasteiger charge is 2.27. The van der Waals surface area contributed by atoms with E-state index in [9.17, 15) is 18.5 Å². The van der Waals surface area contributed by atoms with Crippen molar-refractivity contribution in [1.82, 2.24) is 4.90 Å². The molecule has 0 amide bonds. The van der Waals surface area contributed by atoms with E-state index in [0.29, 0.717) is 11.7 Å². The molecule has 8 heteroatoms. The van der Waals surface area contributed by atoms with Crippen LogP contribution in [0.25, 0.3) is 0 Å². The molecule has 1 aromatic rings. The van der Waals surface area contributed by atoms with Crippen LogP contribution in [0.5, 0.6) is 0 Å². The van der Waals surface area contributed by atoms with Gasteiger partial charge in [0.05, 0.1) is 4.92 Å². The highest BCUT2D eigenvalue weighted by atomic mass is 32.2. The fourth-order valence-electron chi connectivity index (χ4n) is 2.55. The Bertz CT molecular complexity index is 657. The molecule has 1 atom stereocenters. The van der Waals surface area contributed by atoms with E-state index in [1.165, 1.54) is 12.1 Å². The van der Waals surface area contributed by atoms with Gasteiger partial charge in [-0.05, 0) is 32.6 Å². The van der Waals surface area contributed by atoms with E-state index < -0.39 is 14.8 Å².